The number of amides is 1. The average Bonchev–Trinajstić information content (AvgIpc) is 2.74. The van der Waals surface area contributed by atoms with Gasteiger partial charge in [-0.25, -0.2) is 4.98 Å². The summed E-state index contributed by atoms with van der Waals surface area (Å²) in [5, 5.41) is 3.04. The van der Waals surface area contributed by atoms with Crippen molar-refractivity contribution in [2.75, 3.05) is 13.2 Å². The predicted octanol–water partition coefficient (Wildman–Crippen LogP) is 4.49. The van der Waals surface area contributed by atoms with Crippen LogP contribution in [0.25, 0.3) is 0 Å². The molecule has 5 nitrogen and oxygen atoms in total. The van der Waals surface area contributed by atoms with Gasteiger partial charge in [-0.15, -0.1) is 0 Å². The summed E-state index contributed by atoms with van der Waals surface area (Å²) < 4.78 is 11.3. The minimum absolute atomic E-state index is 0.00862. The van der Waals surface area contributed by atoms with Crippen LogP contribution in [0.3, 0.4) is 0 Å². The molecule has 148 valence electrons. The van der Waals surface area contributed by atoms with Crippen molar-refractivity contribution in [3.05, 3.63) is 84.6 Å². The highest BCUT2D eigenvalue weighted by molar-refractivity contribution is 5.77. The van der Waals surface area contributed by atoms with Crippen molar-refractivity contribution >= 4 is 5.91 Å². The van der Waals surface area contributed by atoms with Crippen molar-refractivity contribution < 1.29 is 14.3 Å². The van der Waals surface area contributed by atoms with E-state index in [1.54, 1.807) is 36.5 Å². The maximum atomic E-state index is 12.3. The van der Waals surface area contributed by atoms with Crippen molar-refractivity contribution in [2.24, 2.45) is 0 Å². The number of nitrogens with one attached hydrogen (secondary N) is 1. The average molecular weight is 388 g/mol. The first kappa shape index (κ1) is 19.0. The van der Waals surface area contributed by atoms with Gasteiger partial charge < -0.3 is 14.8 Å². The molecule has 0 radical (unpaired) electrons. The van der Waals surface area contributed by atoms with Crippen molar-refractivity contribution in [3.63, 3.8) is 0 Å². The summed E-state index contributed by atoms with van der Waals surface area (Å²) in [5.74, 6) is 1.70. The first-order valence-electron chi connectivity index (χ1n) is 9.88. The minimum Gasteiger partial charge on any atom is -0.484 e. The normalized spacial score (nSPS) is 14.5. The smallest absolute Gasteiger partial charge is 0.257 e. The van der Waals surface area contributed by atoms with Crippen LogP contribution in [0.15, 0.2) is 79.0 Å². The summed E-state index contributed by atoms with van der Waals surface area (Å²) in [7, 11) is 0. The number of carbonyl (C=O) groups is 1. The summed E-state index contributed by atoms with van der Waals surface area (Å²) in [5.41, 5.74) is 1.37. The number of nitrogens with zero attached hydrogens (tertiary/aromatic N) is 1. The molecule has 0 atom stereocenters. The standard InChI is InChI=1S/C24H24N2O3/c27-22(26-18-24(14-6-15-24)19-7-2-1-3-8-19)17-28-20-10-12-21(13-11-20)29-23-9-4-5-16-25-23/h1-5,7-13,16H,6,14-15,17-18H2,(H,26,27). The van der Waals surface area contributed by atoms with Crippen LogP contribution < -0.4 is 14.8 Å². The lowest BCUT2D eigenvalue weighted by Gasteiger charge is -2.42. The summed E-state index contributed by atoms with van der Waals surface area (Å²) in [6.45, 7) is 0.640. The fourth-order valence-corrected chi connectivity index (χ4v) is 3.56. The molecule has 1 heterocycles. The van der Waals surface area contributed by atoms with Crippen molar-refractivity contribution in [1.82, 2.24) is 10.3 Å². The molecular formula is C24H24N2O3. The molecule has 1 aromatic heterocycles. The van der Waals surface area contributed by atoms with Crippen LogP contribution in [0, 0.1) is 0 Å². The minimum atomic E-state index is -0.110. The van der Waals surface area contributed by atoms with Gasteiger partial charge in [0.05, 0.1) is 0 Å². The van der Waals surface area contributed by atoms with Gasteiger partial charge in [-0.2, -0.15) is 0 Å². The van der Waals surface area contributed by atoms with Gasteiger partial charge in [0.25, 0.3) is 5.91 Å². The first-order chi connectivity index (χ1) is 14.2. The highest BCUT2D eigenvalue weighted by atomic mass is 16.5. The molecule has 1 saturated carbocycles. The third kappa shape index (κ3) is 4.74. The number of hydrogen-bond donors (Lipinski definition) is 1. The van der Waals surface area contributed by atoms with Crippen LogP contribution >= 0.6 is 0 Å². The van der Waals surface area contributed by atoms with E-state index >= 15 is 0 Å². The summed E-state index contributed by atoms with van der Waals surface area (Å²) >= 11 is 0. The zero-order valence-corrected chi connectivity index (χ0v) is 16.2. The summed E-state index contributed by atoms with van der Waals surface area (Å²) in [6.07, 6.45) is 5.09. The zero-order valence-electron chi connectivity index (χ0n) is 16.2. The maximum Gasteiger partial charge on any atom is 0.257 e. The van der Waals surface area contributed by atoms with Gasteiger partial charge in [0.1, 0.15) is 11.5 Å². The molecule has 0 aliphatic heterocycles. The Balaban J connectivity index is 1.25. The molecule has 3 aromatic rings. The summed E-state index contributed by atoms with van der Waals surface area (Å²) in [6, 6.07) is 23.1. The molecule has 1 fully saturated rings. The van der Waals surface area contributed by atoms with E-state index in [1.165, 1.54) is 12.0 Å². The maximum absolute atomic E-state index is 12.3. The molecule has 4 rings (SSSR count). The highest BCUT2D eigenvalue weighted by Gasteiger charge is 2.38. The Labute approximate surface area is 170 Å². The second-order valence-electron chi connectivity index (χ2n) is 7.31. The van der Waals surface area contributed by atoms with Gasteiger partial charge in [0.2, 0.25) is 5.88 Å². The fourth-order valence-electron chi connectivity index (χ4n) is 3.56. The van der Waals surface area contributed by atoms with Crippen LogP contribution in [0.4, 0.5) is 0 Å². The Morgan fingerprint density at radius 1 is 0.931 bits per heavy atom. The number of ether oxygens (including phenoxy) is 2. The van der Waals surface area contributed by atoms with Gasteiger partial charge in [0.15, 0.2) is 6.61 Å². The quantitative estimate of drug-likeness (QED) is 0.618. The Kier molecular flexibility index (Phi) is 5.75. The third-order valence-electron chi connectivity index (χ3n) is 5.37. The number of benzene rings is 2. The molecular weight excluding hydrogens is 364 g/mol. The highest BCUT2D eigenvalue weighted by Crippen LogP contribution is 2.43. The molecule has 5 heteroatoms. The van der Waals surface area contributed by atoms with Crippen molar-refractivity contribution in [3.8, 4) is 17.4 Å². The molecule has 1 N–H and O–H groups in total. The van der Waals surface area contributed by atoms with Gasteiger partial charge in [-0.05, 0) is 48.7 Å². The molecule has 0 bridgehead atoms. The van der Waals surface area contributed by atoms with E-state index < -0.39 is 0 Å². The Morgan fingerprint density at radius 2 is 1.66 bits per heavy atom. The van der Waals surface area contributed by atoms with E-state index in [-0.39, 0.29) is 17.9 Å². The predicted molar refractivity (Wildman–Crippen MR) is 111 cm³/mol. The number of carbonyl (C=O) groups excluding carboxylic acids is 1. The second kappa shape index (κ2) is 8.78. The topological polar surface area (TPSA) is 60.5 Å². The lowest BCUT2D eigenvalue weighted by molar-refractivity contribution is -0.123. The van der Waals surface area contributed by atoms with Gasteiger partial charge in [-0.1, -0.05) is 42.8 Å². The fraction of sp³-hybridized carbons (Fsp3) is 0.250. The van der Waals surface area contributed by atoms with E-state index in [9.17, 15) is 4.79 Å². The van der Waals surface area contributed by atoms with E-state index in [0.717, 1.165) is 12.8 Å². The van der Waals surface area contributed by atoms with Crippen LogP contribution in [-0.2, 0) is 10.2 Å². The number of aromatic nitrogens is 1. The molecule has 0 spiro atoms. The van der Waals surface area contributed by atoms with Gasteiger partial charge in [0, 0.05) is 24.2 Å². The van der Waals surface area contributed by atoms with Crippen LogP contribution in [0.2, 0.25) is 0 Å². The Hall–Kier alpha value is -3.34. The molecule has 0 unspecified atom stereocenters. The van der Waals surface area contributed by atoms with E-state index in [1.807, 2.05) is 18.2 Å². The third-order valence-corrected chi connectivity index (χ3v) is 5.37. The molecule has 0 saturated heterocycles. The van der Waals surface area contributed by atoms with Crippen LogP contribution in [-0.4, -0.2) is 24.0 Å². The second-order valence-corrected chi connectivity index (χ2v) is 7.31. The SMILES string of the molecule is O=C(COc1ccc(Oc2ccccn2)cc1)NCC1(c2ccccc2)CCC1. The zero-order chi connectivity index (χ0) is 19.9. The van der Waals surface area contributed by atoms with Crippen molar-refractivity contribution in [1.29, 1.82) is 0 Å². The molecule has 29 heavy (non-hydrogen) atoms. The lowest BCUT2D eigenvalue weighted by Crippen LogP contribution is -2.46. The lowest BCUT2D eigenvalue weighted by atomic mass is 9.64. The van der Waals surface area contributed by atoms with Gasteiger partial charge >= 0.3 is 0 Å². The largest absolute Gasteiger partial charge is 0.484 e. The Morgan fingerprint density at radius 3 is 2.31 bits per heavy atom. The number of rotatable bonds is 8. The monoisotopic (exact) mass is 388 g/mol. The van der Waals surface area contributed by atoms with Gasteiger partial charge in [-0.3, -0.25) is 4.79 Å². The number of pyridine rings is 1. The van der Waals surface area contributed by atoms with E-state index in [0.29, 0.717) is 23.9 Å². The Bertz CT molecular complexity index is 923. The van der Waals surface area contributed by atoms with Crippen molar-refractivity contribution in [2.45, 2.75) is 24.7 Å². The summed E-state index contributed by atoms with van der Waals surface area (Å²) in [4.78, 5) is 16.4. The first-order valence-corrected chi connectivity index (χ1v) is 9.88. The van der Waals surface area contributed by atoms with E-state index in [4.69, 9.17) is 9.47 Å². The molecule has 1 aliphatic carbocycles. The van der Waals surface area contributed by atoms with Crippen LogP contribution in [0.5, 0.6) is 17.4 Å². The number of hydrogen-bond acceptors (Lipinski definition) is 4. The van der Waals surface area contributed by atoms with E-state index in [2.05, 4.69) is 34.6 Å². The molecule has 2 aromatic carbocycles. The molecule has 1 aliphatic rings. The molecule has 1 amide bonds. The van der Waals surface area contributed by atoms with Crippen LogP contribution in [0.1, 0.15) is 24.8 Å².